The molecule has 0 heterocycles. The average Bonchev–Trinajstić information content (AvgIpc) is 2.37. The molecular formula is C22H46O2P2. The van der Waals surface area contributed by atoms with Crippen molar-refractivity contribution in [1.29, 1.82) is 0 Å². The van der Waals surface area contributed by atoms with Gasteiger partial charge in [0.2, 0.25) is 0 Å². The normalized spacial score (nSPS) is 23.8. The predicted molar refractivity (Wildman–Crippen MR) is 121 cm³/mol. The summed E-state index contributed by atoms with van der Waals surface area (Å²) in [6, 6.07) is 0. The first-order valence-electron chi connectivity index (χ1n) is 10.4. The van der Waals surface area contributed by atoms with E-state index in [2.05, 4.69) is 83.1 Å². The van der Waals surface area contributed by atoms with Crippen LogP contribution in [0.1, 0.15) is 109 Å². The minimum Gasteiger partial charge on any atom is -0.355 e. The Morgan fingerprint density at radius 2 is 0.808 bits per heavy atom. The summed E-state index contributed by atoms with van der Waals surface area (Å²) in [6.07, 6.45) is 5.38. The molecule has 1 rings (SSSR count). The maximum Gasteiger partial charge on any atom is 0.0643 e. The lowest BCUT2D eigenvalue weighted by atomic mass is 9.95. The van der Waals surface area contributed by atoms with Gasteiger partial charge in [-0.3, -0.25) is 0 Å². The van der Waals surface area contributed by atoms with Crippen LogP contribution in [0.5, 0.6) is 0 Å². The molecule has 0 radical (unpaired) electrons. The van der Waals surface area contributed by atoms with Gasteiger partial charge >= 0.3 is 0 Å². The highest BCUT2D eigenvalue weighted by Gasteiger charge is 2.41. The topological polar surface area (TPSA) is 18.5 Å². The Kier molecular flexibility index (Phi) is 8.26. The molecule has 0 aromatic heterocycles. The van der Waals surface area contributed by atoms with Crippen molar-refractivity contribution in [2.45, 2.75) is 142 Å². The Balaban J connectivity index is 2.83. The molecule has 26 heavy (non-hydrogen) atoms. The fraction of sp³-hybridized carbons (Fsp3) is 1.00. The maximum atomic E-state index is 6.80. The van der Waals surface area contributed by atoms with Crippen molar-refractivity contribution >= 4 is 16.3 Å². The summed E-state index contributed by atoms with van der Waals surface area (Å²) in [5, 5.41) is 0.852. The number of rotatable bonds is 4. The molecule has 0 aromatic rings. The van der Waals surface area contributed by atoms with Crippen molar-refractivity contribution in [3.63, 3.8) is 0 Å². The van der Waals surface area contributed by atoms with E-state index in [1.54, 1.807) is 0 Å². The summed E-state index contributed by atoms with van der Waals surface area (Å²) >= 11 is 0. The zero-order chi connectivity index (χ0) is 20.6. The molecule has 4 heteroatoms. The van der Waals surface area contributed by atoms with Crippen molar-refractivity contribution in [3.05, 3.63) is 0 Å². The molecule has 0 amide bonds. The highest BCUT2D eigenvalue weighted by Crippen LogP contribution is 2.63. The summed E-state index contributed by atoms with van der Waals surface area (Å²) in [5.41, 5.74) is 0. The Morgan fingerprint density at radius 1 is 0.538 bits per heavy atom. The van der Waals surface area contributed by atoms with Crippen molar-refractivity contribution in [3.8, 4) is 0 Å². The van der Waals surface area contributed by atoms with E-state index < -0.39 is 16.3 Å². The molecule has 0 aromatic carbocycles. The van der Waals surface area contributed by atoms with Crippen molar-refractivity contribution < 1.29 is 9.05 Å². The molecule has 156 valence electrons. The van der Waals surface area contributed by atoms with E-state index in [1.807, 2.05) is 0 Å². The number of hydrogen-bond donors (Lipinski definition) is 0. The summed E-state index contributed by atoms with van der Waals surface area (Å²) in [7, 11) is -1.00. The van der Waals surface area contributed by atoms with E-state index in [4.69, 9.17) is 9.05 Å². The van der Waals surface area contributed by atoms with Gasteiger partial charge in [-0.25, -0.2) is 0 Å². The predicted octanol–water partition coefficient (Wildman–Crippen LogP) is 8.32. The summed E-state index contributed by atoms with van der Waals surface area (Å²) < 4.78 is 13.6. The Bertz CT molecular complexity index is 367. The summed E-state index contributed by atoms with van der Waals surface area (Å²) in [5.74, 6) is 0. The van der Waals surface area contributed by atoms with E-state index in [-0.39, 0.29) is 20.6 Å². The molecule has 1 fully saturated rings. The lowest BCUT2D eigenvalue weighted by Crippen LogP contribution is -2.34. The van der Waals surface area contributed by atoms with E-state index in [9.17, 15) is 0 Å². The second-order valence-electron chi connectivity index (χ2n) is 11.9. The van der Waals surface area contributed by atoms with Gasteiger partial charge in [0.1, 0.15) is 0 Å². The third-order valence-corrected chi connectivity index (χ3v) is 10.4. The van der Waals surface area contributed by atoms with Gasteiger partial charge in [0.05, 0.1) is 12.2 Å². The SMILES string of the molecule is CC(C)(C)P(O[C@@H]1CCC[C@H](OP(C(C)(C)C)C(C)(C)C)C1)C(C)(C)C. The van der Waals surface area contributed by atoms with Gasteiger partial charge in [-0.05, 0) is 19.3 Å². The van der Waals surface area contributed by atoms with Crippen LogP contribution in [0.15, 0.2) is 0 Å². The van der Waals surface area contributed by atoms with Crippen molar-refractivity contribution in [2.24, 2.45) is 0 Å². The molecular weight excluding hydrogens is 358 g/mol. The van der Waals surface area contributed by atoms with E-state index in [1.165, 1.54) is 19.3 Å². The third kappa shape index (κ3) is 7.66. The zero-order valence-electron chi connectivity index (χ0n) is 19.7. The van der Waals surface area contributed by atoms with Crippen LogP contribution < -0.4 is 0 Å². The fourth-order valence-corrected chi connectivity index (χ4v) is 10.5. The van der Waals surface area contributed by atoms with Crippen molar-refractivity contribution in [2.75, 3.05) is 0 Å². The lowest BCUT2D eigenvalue weighted by molar-refractivity contribution is 0.0758. The largest absolute Gasteiger partial charge is 0.355 e. The molecule has 0 unspecified atom stereocenters. The molecule has 0 spiro atoms. The molecule has 0 N–H and O–H groups in total. The van der Waals surface area contributed by atoms with Gasteiger partial charge in [0.25, 0.3) is 0 Å². The van der Waals surface area contributed by atoms with Gasteiger partial charge in [-0.2, -0.15) is 0 Å². The van der Waals surface area contributed by atoms with E-state index in [0.29, 0.717) is 12.2 Å². The smallest absolute Gasteiger partial charge is 0.0643 e. The highest BCUT2D eigenvalue weighted by atomic mass is 31.1. The first-order chi connectivity index (χ1) is 11.4. The first kappa shape index (κ1) is 24.8. The van der Waals surface area contributed by atoms with Crippen LogP contribution in [0.3, 0.4) is 0 Å². The van der Waals surface area contributed by atoms with Crippen LogP contribution in [0, 0.1) is 0 Å². The summed E-state index contributed by atoms with van der Waals surface area (Å²) in [4.78, 5) is 0. The molecule has 0 aliphatic heterocycles. The molecule has 0 bridgehead atoms. The standard InChI is InChI=1S/C22H46O2P2/c1-19(2,3)25(20(4,5)6)23-17-14-13-15-18(16-17)24-26(21(7,8)9)22(10,11)12/h17-18H,13-16H2,1-12H3/t17-,18+. The van der Waals surface area contributed by atoms with Gasteiger partial charge in [0.15, 0.2) is 0 Å². The van der Waals surface area contributed by atoms with Gasteiger partial charge in [-0.1, -0.05) is 83.1 Å². The van der Waals surface area contributed by atoms with Crippen LogP contribution in [0.2, 0.25) is 0 Å². The van der Waals surface area contributed by atoms with Crippen LogP contribution >= 0.6 is 16.3 Å². The molecule has 1 saturated carbocycles. The molecule has 1 aliphatic rings. The Hall–Kier alpha value is 0.780. The Morgan fingerprint density at radius 3 is 1.04 bits per heavy atom. The van der Waals surface area contributed by atoms with E-state index >= 15 is 0 Å². The second-order valence-corrected chi connectivity index (χ2v) is 18.9. The summed E-state index contributed by atoms with van der Waals surface area (Å²) in [6.45, 7) is 28.0. The quantitative estimate of drug-likeness (QED) is 0.439. The zero-order valence-corrected chi connectivity index (χ0v) is 21.5. The van der Waals surface area contributed by atoms with Crippen LogP contribution in [-0.4, -0.2) is 32.8 Å². The third-order valence-electron chi connectivity index (χ3n) is 4.52. The molecule has 1 aliphatic carbocycles. The van der Waals surface area contributed by atoms with Gasteiger partial charge in [0, 0.05) is 43.3 Å². The minimum atomic E-state index is -0.500. The fourth-order valence-electron chi connectivity index (χ4n) is 4.24. The highest BCUT2D eigenvalue weighted by molar-refractivity contribution is 7.56. The average molecular weight is 405 g/mol. The van der Waals surface area contributed by atoms with E-state index in [0.717, 1.165) is 6.42 Å². The first-order valence-corrected chi connectivity index (χ1v) is 12.9. The number of hydrogen-bond acceptors (Lipinski definition) is 2. The molecule has 2 atom stereocenters. The van der Waals surface area contributed by atoms with Crippen LogP contribution in [0.4, 0.5) is 0 Å². The van der Waals surface area contributed by atoms with Gasteiger partial charge in [-0.15, -0.1) is 0 Å². The minimum absolute atomic E-state index is 0.213. The lowest BCUT2D eigenvalue weighted by Gasteiger charge is -2.45. The maximum absolute atomic E-state index is 6.80. The van der Waals surface area contributed by atoms with Crippen molar-refractivity contribution in [1.82, 2.24) is 0 Å². The monoisotopic (exact) mass is 404 g/mol. The van der Waals surface area contributed by atoms with Crippen LogP contribution in [0.25, 0.3) is 0 Å². The second kappa shape index (κ2) is 8.65. The Labute approximate surface area is 167 Å². The van der Waals surface area contributed by atoms with Gasteiger partial charge < -0.3 is 9.05 Å². The molecule has 2 nitrogen and oxygen atoms in total. The molecule has 0 saturated heterocycles. The van der Waals surface area contributed by atoms with Crippen LogP contribution in [-0.2, 0) is 9.05 Å².